The Morgan fingerprint density at radius 2 is 1.62 bits per heavy atom. The van der Waals surface area contributed by atoms with E-state index in [4.69, 9.17) is 4.74 Å². The van der Waals surface area contributed by atoms with Gasteiger partial charge in [-0.3, -0.25) is 4.99 Å². The molecule has 3 aromatic rings. The van der Waals surface area contributed by atoms with Gasteiger partial charge in [-0.1, -0.05) is 28.1 Å². The summed E-state index contributed by atoms with van der Waals surface area (Å²) in [6.45, 7) is 0. The molecule has 0 bridgehead atoms. The lowest BCUT2D eigenvalue weighted by atomic mass is 10.1. The van der Waals surface area contributed by atoms with E-state index < -0.39 is 5.97 Å². The summed E-state index contributed by atoms with van der Waals surface area (Å²) in [6, 6.07) is 19.8. The number of carbonyl (C=O) groups excluding carboxylic acids is 1. The van der Waals surface area contributed by atoms with Gasteiger partial charge in [0, 0.05) is 16.3 Å². The molecule has 1 aliphatic rings. The van der Waals surface area contributed by atoms with Crippen molar-refractivity contribution in [3.63, 3.8) is 0 Å². The quantitative estimate of drug-likeness (QED) is 0.291. The van der Waals surface area contributed by atoms with Crippen molar-refractivity contribution in [1.82, 2.24) is 0 Å². The van der Waals surface area contributed by atoms with Crippen LogP contribution in [0.5, 0.6) is 5.75 Å². The van der Waals surface area contributed by atoms with Gasteiger partial charge in [-0.15, -0.1) is 0 Å². The average Bonchev–Trinajstić information content (AvgIpc) is 2.66. The number of azo groups is 1. The summed E-state index contributed by atoms with van der Waals surface area (Å²) in [7, 11) is 0. The van der Waals surface area contributed by atoms with Crippen LogP contribution in [0.3, 0.4) is 0 Å². The smallest absolute Gasteiger partial charge is 0.345 e. The van der Waals surface area contributed by atoms with Gasteiger partial charge in [0.1, 0.15) is 5.75 Å². The summed E-state index contributed by atoms with van der Waals surface area (Å²) >= 11 is 3.38. The molecular formula is C20H12BrN3O2. The van der Waals surface area contributed by atoms with Crippen LogP contribution in [0.4, 0.5) is 17.1 Å². The van der Waals surface area contributed by atoms with Crippen LogP contribution in [-0.4, -0.2) is 12.2 Å². The highest BCUT2D eigenvalue weighted by Crippen LogP contribution is 2.30. The molecule has 6 heteroatoms. The van der Waals surface area contributed by atoms with Gasteiger partial charge >= 0.3 is 5.97 Å². The van der Waals surface area contributed by atoms with Gasteiger partial charge in [-0.2, -0.15) is 10.2 Å². The molecule has 0 radical (unpaired) electrons. The normalized spacial score (nSPS) is 12.9. The van der Waals surface area contributed by atoms with E-state index in [2.05, 4.69) is 31.2 Å². The topological polar surface area (TPSA) is 63.4 Å². The monoisotopic (exact) mass is 405 g/mol. The first-order chi connectivity index (χ1) is 12.7. The minimum absolute atomic E-state index is 0.428. The second-order valence-electron chi connectivity index (χ2n) is 5.56. The maximum Gasteiger partial charge on any atom is 0.345 e. The van der Waals surface area contributed by atoms with Crippen LogP contribution >= 0.6 is 15.9 Å². The number of aliphatic imine (C=N–C) groups is 1. The van der Waals surface area contributed by atoms with Crippen LogP contribution in [0, 0.1) is 0 Å². The number of ether oxygens (including phenoxy) is 1. The number of hydrogen-bond acceptors (Lipinski definition) is 5. The number of esters is 1. The fourth-order valence-corrected chi connectivity index (χ4v) is 2.73. The molecule has 0 saturated heterocycles. The molecule has 0 atom stereocenters. The third-order valence-corrected chi connectivity index (χ3v) is 4.30. The van der Waals surface area contributed by atoms with Crippen molar-refractivity contribution in [2.45, 2.75) is 0 Å². The number of benzene rings is 3. The van der Waals surface area contributed by atoms with Crippen LogP contribution in [-0.2, 0) is 0 Å². The molecule has 0 N–H and O–H groups in total. The fourth-order valence-electron chi connectivity index (χ4n) is 2.47. The van der Waals surface area contributed by atoms with Gasteiger partial charge in [0.2, 0.25) is 0 Å². The largest absolute Gasteiger partial charge is 0.422 e. The lowest BCUT2D eigenvalue weighted by Gasteiger charge is -2.12. The molecule has 0 unspecified atom stereocenters. The Morgan fingerprint density at radius 3 is 2.46 bits per heavy atom. The van der Waals surface area contributed by atoms with E-state index in [1.54, 1.807) is 42.6 Å². The van der Waals surface area contributed by atoms with E-state index in [0.717, 1.165) is 10.2 Å². The maximum atomic E-state index is 12.3. The Balaban J connectivity index is 1.66. The Kier molecular flexibility index (Phi) is 4.41. The molecule has 26 heavy (non-hydrogen) atoms. The summed E-state index contributed by atoms with van der Waals surface area (Å²) in [5.41, 5.74) is 3.07. The predicted octanol–water partition coefficient (Wildman–Crippen LogP) is 6.15. The van der Waals surface area contributed by atoms with Crippen molar-refractivity contribution in [1.29, 1.82) is 0 Å². The van der Waals surface area contributed by atoms with Gasteiger partial charge in [0.15, 0.2) is 0 Å². The number of fused-ring (bicyclic) bond motifs is 2. The number of carbonyl (C=O) groups is 1. The van der Waals surface area contributed by atoms with E-state index >= 15 is 0 Å². The lowest BCUT2D eigenvalue weighted by molar-refractivity contribution is 0.0735. The minimum Gasteiger partial charge on any atom is -0.422 e. The van der Waals surface area contributed by atoms with Crippen LogP contribution in [0.2, 0.25) is 0 Å². The molecule has 5 nitrogen and oxygen atoms in total. The van der Waals surface area contributed by atoms with Crippen LogP contribution in [0.1, 0.15) is 15.9 Å². The number of rotatable bonds is 2. The highest BCUT2D eigenvalue weighted by atomic mass is 79.9. The van der Waals surface area contributed by atoms with Crippen molar-refractivity contribution >= 4 is 45.2 Å². The summed E-state index contributed by atoms with van der Waals surface area (Å²) in [4.78, 5) is 16.7. The summed E-state index contributed by atoms with van der Waals surface area (Å²) in [5.74, 6) is 0.0128. The van der Waals surface area contributed by atoms with Crippen molar-refractivity contribution in [2.24, 2.45) is 15.2 Å². The van der Waals surface area contributed by atoms with Crippen molar-refractivity contribution in [3.05, 3.63) is 82.3 Å². The Bertz CT molecular complexity index is 1040. The molecule has 3 aromatic carbocycles. The first-order valence-electron chi connectivity index (χ1n) is 7.86. The molecule has 0 saturated carbocycles. The zero-order valence-electron chi connectivity index (χ0n) is 13.5. The van der Waals surface area contributed by atoms with Gasteiger partial charge in [0.05, 0.1) is 22.6 Å². The molecule has 1 aliphatic heterocycles. The highest BCUT2D eigenvalue weighted by Gasteiger charge is 2.17. The third kappa shape index (κ3) is 3.45. The van der Waals surface area contributed by atoms with Gasteiger partial charge in [-0.05, 0) is 54.6 Å². The summed E-state index contributed by atoms with van der Waals surface area (Å²) in [6.07, 6.45) is 1.67. The Morgan fingerprint density at radius 1 is 0.885 bits per heavy atom. The maximum absolute atomic E-state index is 12.3. The molecule has 4 rings (SSSR count). The highest BCUT2D eigenvalue weighted by molar-refractivity contribution is 9.10. The minimum atomic E-state index is -0.428. The van der Waals surface area contributed by atoms with Crippen molar-refractivity contribution in [3.8, 4) is 5.75 Å². The van der Waals surface area contributed by atoms with E-state index in [1.807, 2.05) is 30.3 Å². The van der Waals surface area contributed by atoms with E-state index in [1.165, 1.54) is 0 Å². The average molecular weight is 406 g/mol. The van der Waals surface area contributed by atoms with Crippen LogP contribution < -0.4 is 4.74 Å². The van der Waals surface area contributed by atoms with Crippen molar-refractivity contribution < 1.29 is 9.53 Å². The zero-order valence-corrected chi connectivity index (χ0v) is 15.1. The summed E-state index contributed by atoms with van der Waals surface area (Å²) in [5, 5.41) is 8.45. The molecule has 126 valence electrons. The van der Waals surface area contributed by atoms with Gasteiger partial charge in [-0.25, -0.2) is 4.79 Å². The van der Waals surface area contributed by atoms with Gasteiger partial charge in [0.25, 0.3) is 0 Å². The molecule has 0 spiro atoms. The third-order valence-electron chi connectivity index (χ3n) is 3.77. The SMILES string of the molecule is O=C1Oc2ccc(N=Nc3ccc(Br)cc3)cc2C=Nc2ccccc21. The number of nitrogens with zero attached hydrogens (tertiary/aromatic N) is 3. The first-order valence-corrected chi connectivity index (χ1v) is 8.65. The van der Waals surface area contributed by atoms with E-state index in [0.29, 0.717) is 28.3 Å². The van der Waals surface area contributed by atoms with Crippen LogP contribution in [0.15, 0.2) is 86.4 Å². The second-order valence-corrected chi connectivity index (χ2v) is 6.48. The molecule has 0 aliphatic carbocycles. The molecule has 0 fully saturated rings. The number of hydrogen-bond donors (Lipinski definition) is 0. The zero-order chi connectivity index (χ0) is 17.9. The summed E-state index contributed by atoms with van der Waals surface area (Å²) < 4.78 is 6.47. The number of para-hydroxylation sites is 1. The molecule has 0 aromatic heterocycles. The van der Waals surface area contributed by atoms with Crippen LogP contribution in [0.25, 0.3) is 0 Å². The standard InChI is InChI=1S/C20H12BrN3O2/c21-14-5-7-15(8-6-14)23-24-16-9-10-19-13(11-16)12-22-18-4-2-1-3-17(18)20(25)26-19/h1-12H. The second kappa shape index (κ2) is 7.01. The molecule has 0 amide bonds. The fraction of sp³-hybridized carbons (Fsp3) is 0. The molecule has 1 heterocycles. The lowest BCUT2D eigenvalue weighted by Crippen LogP contribution is -2.11. The Hall–Kier alpha value is -3.12. The first kappa shape index (κ1) is 16.4. The number of halogens is 1. The molecular weight excluding hydrogens is 394 g/mol. The Labute approximate surface area is 158 Å². The van der Waals surface area contributed by atoms with E-state index in [9.17, 15) is 4.79 Å². The van der Waals surface area contributed by atoms with Gasteiger partial charge < -0.3 is 4.74 Å². The van der Waals surface area contributed by atoms with E-state index in [-0.39, 0.29) is 0 Å². The predicted molar refractivity (Wildman–Crippen MR) is 103 cm³/mol. The van der Waals surface area contributed by atoms with Crippen molar-refractivity contribution in [2.75, 3.05) is 0 Å².